The number of nitrogens with zero attached hydrogens (tertiary/aromatic N) is 4. The molecular weight excluding hydrogens is 428 g/mol. The van der Waals surface area contributed by atoms with Crippen molar-refractivity contribution < 1.29 is 18.8 Å². The Morgan fingerprint density at radius 1 is 1.25 bits per heavy atom. The Hall–Kier alpha value is -2.94. The highest BCUT2D eigenvalue weighted by molar-refractivity contribution is 7.13. The van der Waals surface area contributed by atoms with Gasteiger partial charge in [0.05, 0.1) is 26.3 Å². The lowest BCUT2D eigenvalue weighted by Crippen LogP contribution is -2.40. The summed E-state index contributed by atoms with van der Waals surface area (Å²) in [6, 6.07) is 5.70. The predicted octanol–water partition coefficient (Wildman–Crippen LogP) is 4.28. The molecule has 9 heteroatoms. The van der Waals surface area contributed by atoms with Gasteiger partial charge in [0.15, 0.2) is 17.3 Å². The number of carbonyl (C=O) groups is 1. The second-order valence-electron chi connectivity index (χ2n) is 8.21. The monoisotopic (exact) mass is 456 g/mol. The van der Waals surface area contributed by atoms with Crippen LogP contribution in [0.1, 0.15) is 55.9 Å². The van der Waals surface area contributed by atoms with E-state index in [-0.39, 0.29) is 24.2 Å². The Morgan fingerprint density at radius 2 is 2.06 bits per heavy atom. The normalized spacial score (nSPS) is 16.4. The van der Waals surface area contributed by atoms with Crippen molar-refractivity contribution in [3.63, 3.8) is 0 Å². The molecule has 1 atom stereocenters. The third-order valence-corrected chi connectivity index (χ3v) is 6.55. The van der Waals surface area contributed by atoms with Crippen LogP contribution < -0.4 is 9.47 Å². The molecule has 1 amide bonds. The van der Waals surface area contributed by atoms with Crippen LogP contribution in [0.4, 0.5) is 0 Å². The van der Waals surface area contributed by atoms with Crippen molar-refractivity contribution >= 4 is 17.2 Å². The van der Waals surface area contributed by atoms with Gasteiger partial charge in [-0.3, -0.25) is 4.79 Å². The van der Waals surface area contributed by atoms with Crippen LogP contribution in [0.5, 0.6) is 11.5 Å². The zero-order valence-electron chi connectivity index (χ0n) is 18.8. The Balaban J connectivity index is 1.41. The van der Waals surface area contributed by atoms with Crippen LogP contribution >= 0.6 is 11.3 Å². The largest absolute Gasteiger partial charge is 0.493 e. The highest BCUT2D eigenvalue weighted by Crippen LogP contribution is 2.34. The van der Waals surface area contributed by atoms with Crippen LogP contribution in [0.3, 0.4) is 0 Å². The summed E-state index contributed by atoms with van der Waals surface area (Å²) in [6.07, 6.45) is 2.16. The van der Waals surface area contributed by atoms with Gasteiger partial charge in [-0.05, 0) is 31.0 Å². The second-order valence-corrected chi connectivity index (χ2v) is 9.07. The van der Waals surface area contributed by atoms with Crippen LogP contribution in [-0.2, 0) is 11.2 Å². The zero-order valence-corrected chi connectivity index (χ0v) is 19.6. The Labute approximate surface area is 191 Å². The molecule has 0 bridgehead atoms. The average molecular weight is 457 g/mol. The fourth-order valence-electron chi connectivity index (χ4n) is 3.82. The van der Waals surface area contributed by atoms with E-state index in [1.54, 1.807) is 14.2 Å². The smallest absolute Gasteiger partial charge is 0.229 e. The topological polar surface area (TPSA) is 90.6 Å². The van der Waals surface area contributed by atoms with Crippen LogP contribution in [0.15, 0.2) is 28.1 Å². The number of piperidine rings is 1. The van der Waals surface area contributed by atoms with Crippen LogP contribution in [-0.4, -0.2) is 53.2 Å². The van der Waals surface area contributed by atoms with E-state index in [0.717, 1.165) is 35.7 Å². The molecule has 0 radical (unpaired) electrons. The van der Waals surface area contributed by atoms with Gasteiger partial charge in [-0.15, -0.1) is 11.3 Å². The highest BCUT2D eigenvalue weighted by atomic mass is 32.1. The Kier molecular flexibility index (Phi) is 6.74. The van der Waals surface area contributed by atoms with Crippen LogP contribution in [0.25, 0.3) is 10.6 Å². The number of aromatic nitrogens is 3. The lowest BCUT2D eigenvalue weighted by Gasteiger charge is -2.31. The van der Waals surface area contributed by atoms with E-state index in [1.165, 1.54) is 11.3 Å². The van der Waals surface area contributed by atoms with Crippen molar-refractivity contribution in [1.82, 2.24) is 20.0 Å². The predicted molar refractivity (Wildman–Crippen MR) is 121 cm³/mol. The Morgan fingerprint density at radius 3 is 2.78 bits per heavy atom. The van der Waals surface area contributed by atoms with Gasteiger partial charge < -0.3 is 18.9 Å². The molecule has 3 aromatic rings. The summed E-state index contributed by atoms with van der Waals surface area (Å²) in [5.74, 6) is 3.06. The number of likely N-dealkylation sites (tertiary alicyclic amines) is 1. The van der Waals surface area contributed by atoms with Gasteiger partial charge >= 0.3 is 0 Å². The summed E-state index contributed by atoms with van der Waals surface area (Å²) in [7, 11) is 3.22. The van der Waals surface area contributed by atoms with E-state index in [2.05, 4.69) is 15.1 Å². The molecule has 0 unspecified atom stereocenters. The van der Waals surface area contributed by atoms with Gasteiger partial charge in [0, 0.05) is 35.9 Å². The maximum Gasteiger partial charge on any atom is 0.229 e. The van der Waals surface area contributed by atoms with Crippen LogP contribution in [0.2, 0.25) is 0 Å². The summed E-state index contributed by atoms with van der Waals surface area (Å²) in [4.78, 5) is 24.1. The summed E-state index contributed by atoms with van der Waals surface area (Å²) >= 11 is 1.52. The maximum absolute atomic E-state index is 13.0. The molecule has 1 fully saturated rings. The first-order valence-electron chi connectivity index (χ1n) is 10.8. The van der Waals surface area contributed by atoms with E-state index < -0.39 is 0 Å². The highest BCUT2D eigenvalue weighted by Gasteiger charge is 2.28. The molecule has 2 aromatic heterocycles. The lowest BCUT2D eigenvalue weighted by atomic mass is 9.97. The number of carbonyl (C=O) groups excluding carboxylic acids is 1. The minimum atomic E-state index is 0.0754. The molecular formula is C23H28N4O4S. The van der Waals surface area contributed by atoms with Gasteiger partial charge in [0.1, 0.15) is 5.01 Å². The van der Waals surface area contributed by atoms with Crippen molar-refractivity contribution in [1.29, 1.82) is 0 Å². The van der Waals surface area contributed by atoms with Gasteiger partial charge in [-0.2, -0.15) is 4.98 Å². The second kappa shape index (κ2) is 9.68. The number of ether oxygens (including phenoxy) is 2. The SMILES string of the molecule is COc1ccc(-c2nc(CC(=O)N3CCC[C@H](c4noc(C(C)C)n4)C3)cs2)cc1OC. The maximum atomic E-state index is 13.0. The minimum Gasteiger partial charge on any atom is -0.493 e. The number of hydrogen-bond donors (Lipinski definition) is 0. The number of amides is 1. The van der Waals surface area contributed by atoms with Crippen LogP contribution in [0, 0.1) is 0 Å². The van der Waals surface area contributed by atoms with Crippen molar-refractivity contribution in [2.24, 2.45) is 0 Å². The number of methoxy groups -OCH3 is 2. The van der Waals surface area contributed by atoms with Crippen molar-refractivity contribution in [3.8, 4) is 22.1 Å². The summed E-state index contributed by atoms with van der Waals surface area (Å²) in [5, 5.41) is 6.94. The molecule has 32 heavy (non-hydrogen) atoms. The standard InChI is InChI=1S/C23H28N4O4S/c1-14(2)22-25-21(26-31-22)16-6-5-9-27(12-16)20(28)11-17-13-32-23(24-17)15-7-8-18(29-3)19(10-15)30-4/h7-8,10,13-14,16H,5-6,9,11-12H2,1-4H3/t16-/m0/s1. The lowest BCUT2D eigenvalue weighted by molar-refractivity contribution is -0.131. The molecule has 1 aromatic carbocycles. The molecule has 0 saturated carbocycles. The fraction of sp³-hybridized carbons (Fsp3) is 0.478. The first-order valence-corrected chi connectivity index (χ1v) is 11.6. The van der Waals surface area contributed by atoms with E-state index in [9.17, 15) is 4.79 Å². The number of thiazole rings is 1. The van der Waals surface area contributed by atoms with E-state index in [4.69, 9.17) is 14.0 Å². The molecule has 0 N–H and O–H groups in total. The molecule has 0 aliphatic carbocycles. The molecule has 1 saturated heterocycles. The fourth-order valence-corrected chi connectivity index (χ4v) is 4.64. The summed E-state index contributed by atoms with van der Waals surface area (Å²) < 4.78 is 16.0. The molecule has 8 nitrogen and oxygen atoms in total. The quantitative estimate of drug-likeness (QED) is 0.524. The molecule has 170 valence electrons. The van der Waals surface area contributed by atoms with E-state index >= 15 is 0 Å². The molecule has 0 spiro atoms. The third-order valence-electron chi connectivity index (χ3n) is 5.61. The number of hydrogen-bond acceptors (Lipinski definition) is 8. The van der Waals surface area contributed by atoms with Gasteiger partial charge in [-0.25, -0.2) is 4.98 Å². The van der Waals surface area contributed by atoms with Gasteiger partial charge in [0.25, 0.3) is 0 Å². The van der Waals surface area contributed by atoms with Crippen molar-refractivity contribution in [2.45, 2.75) is 44.9 Å². The van der Waals surface area contributed by atoms with Crippen molar-refractivity contribution in [2.75, 3.05) is 27.3 Å². The average Bonchev–Trinajstić information content (AvgIpc) is 3.49. The zero-order chi connectivity index (χ0) is 22.7. The summed E-state index contributed by atoms with van der Waals surface area (Å²) in [5.41, 5.74) is 1.70. The van der Waals surface area contributed by atoms with E-state index in [1.807, 2.05) is 42.3 Å². The molecule has 1 aliphatic heterocycles. The van der Waals surface area contributed by atoms with Gasteiger partial charge in [0.2, 0.25) is 11.8 Å². The van der Waals surface area contributed by atoms with Crippen molar-refractivity contribution in [3.05, 3.63) is 41.0 Å². The minimum absolute atomic E-state index is 0.0754. The molecule has 4 rings (SSSR count). The molecule has 3 heterocycles. The first kappa shape index (κ1) is 22.3. The van der Waals surface area contributed by atoms with Gasteiger partial charge in [-0.1, -0.05) is 19.0 Å². The number of benzene rings is 1. The summed E-state index contributed by atoms with van der Waals surface area (Å²) in [6.45, 7) is 5.41. The number of rotatable bonds is 7. The first-order chi connectivity index (χ1) is 15.5. The van der Waals surface area contributed by atoms with E-state index in [0.29, 0.717) is 29.8 Å². The third kappa shape index (κ3) is 4.77. The molecule has 1 aliphatic rings. The Bertz CT molecular complexity index is 1080.